The van der Waals surface area contributed by atoms with Crippen molar-refractivity contribution >= 4 is 11.9 Å². The molecule has 2 aromatic heterocycles. The van der Waals surface area contributed by atoms with Crippen LogP contribution < -0.4 is 10.6 Å². The number of benzene rings is 2. The van der Waals surface area contributed by atoms with Gasteiger partial charge in [0, 0.05) is 11.8 Å². The van der Waals surface area contributed by atoms with Crippen molar-refractivity contribution in [3.05, 3.63) is 91.0 Å². The van der Waals surface area contributed by atoms with Gasteiger partial charge in [-0.3, -0.25) is 4.79 Å². The van der Waals surface area contributed by atoms with Gasteiger partial charge in [-0.15, -0.1) is 0 Å². The quantitative estimate of drug-likeness (QED) is 0.444. The van der Waals surface area contributed by atoms with Gasteiger partial charge in [-0.25, -0.2) is 9.97 Å². The first-order valence-corrected chi connectivity index (χ1v) is 11.6. The van der Waals surface area contributed by atoms with Crippen LogP contribution >= 0.6 is 0 Å². The second-order valence-corrected chi connectivity index (χ2v) is 8.61. The molecule has 6 rings (SSSR count). The van der Waals surface area contributed by atoms with E-state index in [1.165, 1.54) is 11.8 Å². The largest absolute Gasteiger partial charge is 0.459 e. The Morgan fingerprint density at radius 2 is 1.51 bits per heavy atom. The van der Waals surface area contributed by atoms with Crippen LogP contribution in [0.3, 0.4) is 0 Å². The minimum absolute atomic E-state index is 0.124. The summed E-state index contributed by atoms with van der Waals surface area (Å²) in [6, 6.07) is 23.4. The molecule has 8 nitrogen and oxygen atoms in total. The molecule has 0 unspecified atom stereocenters. The summed E-state index contributed by atoms with van der Waals surface area (Å²) in [6.45, 7) is 0.802. The number of furan rings is 1. The Bertz CT molecular complexity index is 1290. The molecular formula is C27H24N4O4. The molecule has 4 atom stereocenters. The summed E-state index contributed by atoms with van der Waals surface area (Å²) in [7, 11) is 0. The number of rotatable bonds is 6. The molecule has 2 aliphatic heterocycles. The number of carbonyl (C=O) groups excluding carboxylic acids is 1. The van der Waals surface area contributed by atoms with Gasteiger partial charge in [0.25, 0.3) is 5.91 Å². The lowest BCUT2D eigenvalue weighted by molar-refractivity contribution is 0.0646. The smallest absolute Gasteiger partial charge is 0.287 e. The highest BCUT2D eigenvalue weighted by molar-refractivity contribution is 5.91. The number of carbonyl (C=O) groups is 1. The molecule has 4 aromatic rings. The molecule has 35 heavy (non-hydrogen) atoms. The lowest BCUT2D eigenvalue weighted by Crippen LogP contribution is -2.44. The zero-order valence-electron chi connectivity index (χ0n) is 18.8. The standard InChI is InChI=1S/C27H24N4O4/c32-26(23-7-4-14-33-23)29-21-15-34-25-22(16-35-24(21)25)31-27-28-13-12-20(30-27)19-10-8-18(9-11-19)17-5-2-1-3-6-17/h1-14,21-22,24-25H,15-16H2,(H,29,32)(H,28,30,31)/t21-,22-,24+,25+/m0/s1. The van der Waals surface area contributed by atoms with E-state index in [1.54, 1.807) is 18.3 Å². The molecule has 2 aromatic carbocycles. The molecule has 0 bridgehead atoms. The Kier molecular flexibility index (Phi) is 5.73. The van der Waals surface area contributed by atoms with Crippen LogP contribution in [0.2, 0.25) is 0 Å². The Hall–Kier alpha value is -4.01. The number of aromatic nitrogens is 2. The van der Waals surface area contributed by atoms with Crippen molar-refractivity contribution in [2.45, 2.75) is 24.3 Å². The molecule has 0 spiro atoms. The van der Waals surface area contributed by atoms with Gasteiger partial charge in [0.1, 0.15) is 12.2 Å². The van der Waals surface area contributed by atoms with Gasteiger partial charge in [0.15, 0.2) is 5.76 Å². The highest BCUT2D eigenvalue weighted by atomic mass is 16.6. The number of hydrogen-bond acceptors (Lipinski definition) is 7. The maximum atomic E-state index is 12.3. The van der Waals surface area contributed by atoms with Crippen LogP contribution in [0.5, 0.6) is 0 Å². The van der Waals surface area contributed by atoms with Gasteiger partial charge in [0.05, 0.1) is 37.3 Å². The molecule has 2 aliphatic rings. The normalized spacial score (nSPS) is 23.1. The highest BCUT2D eigenvalue weighted by Gasteiger charge is 2.48. The second-order valence-electron chi connectivity index (χ2n) is 8.61. The molecule has 2 N–H and O–H groups in total. The number of amides is 1. The van der Waals surface area contributed by atoms with Crippen LogP contribution in [-0.4, -0.2) is 53.4 Å². The third-order valence-electron chi connectivity index (χ3n) is 6.37. The minimum atomic E-state index is -0.279. The maximum absolute atomic E-state index is 12.3. The average molecular weight is 469 g/mol. The Balaban J connectivity index is 1.12. The second kappa shape index (κ2) is 9.32. The Labute approximate surface area is 202 Å². The number of hydrogen-bond donors (Lipinski definition) is 2. The van der Waals surface area contributed by atoms with Gasteiger partial charge < -0.3 is 24.5 Å². The van der Waals surface area contributed by atoms with E-state index in [0.29, 0.717) is 19.2 Å². The van der Waals surface area contributed by atoms with Crippen molar-refractivity contribution in [3.8, 4) is 22.4 Å². The van der Waals surface area contributed by atoms with E-state index in [9.17, 15) is 4.79 Å². The van der Waals surface area contributed by atoms with Gasteiger partial charge in [0.2, 0.25) is 5.95 Å². The Morgan fingerprint density at radius 3 is 2.29 bits per heavy atom. The highest BCUT2D eigenvalue weighted by Crippen LogP contribution is 2.29. The van der Waals surface area contributed by atoms with Crippen molar-refractivity contribution in [2.75, 3.05) is 18.5 Å². The fraction of sp³-hybridized carbons (Fsp3) is 0.222. The summed E-state index contributed by atoms with van der Waals surface area (Å²) in [5.74, 6) is 0.497. The molecule has 0 aliphatic carbocycles. The Morgan fingerprint density at radius 1 is 0.800 bits per heavy atom. The van der Waals surface area contributed by atoms with E-state index in [2.05, 4.69) is 52.0 Å². The summed E-state index contributed by atoms with van der Waals surface area (Å²) in [5, 5.41) is 6.30. The number of ether oxygens (including phenoxy) is 2. The first-order chi connectivity index (χ1) is 17.2. The average Bonchev–Trinajstić information content (AvgIpc) is 3.66. The lowest BCUT2D eigenvalue weighted by Gasteiger charge is -2.18. The van der Waals surface area contributed by atoms with E-state index in [-0.39, 0.29) is 36.0 Å². The molecule has 4 heterocycles. The van der Waals surface area contributed by atoms with Gasteiger partial charge >= 0.3 is 0 Å². The van der Waals surface area contributed by atoms with Crippen LogP contribution in [0.4, 0.5) is 5.95 Å². The number of fused-ring (bicyclic) bond motifs is 1. The van der Waals surface area contributed by atoms with Crippen LogP contribution in [0.25, 0.3) is 22.4 Å². The summed E-state index contributed by atoms with van der Waals surface area (Å²) < 4.78 is 17.1. The maximum Gasteiger partial charge on any atom is 0.287 e. The predicted molar refractivity (Wildman–Crippen MR) is 130 cm³/mol. The SMILES string of the molecule is O=C(N[C@H]1CO[C@H]2[C@@H]1OC[C@@H]2Nc1nccc(-c2ccc(-c3ccccc3)cc2)n1)c1ccco1. The molecule has 8 heteroatoms. The molecule has 0 radical (unpaired) electrons. The first kappa shape index (κ1) is 21.5. The third kappa shape index (κ3) is 4.41. The monoisotopic (exact) mass is 468 g/mol. The van der Waals surface area contributed by atoms with Gasteiger partial charge in [-0.2, -0.15) is 0 Å². The van der Waals surface area contributed by atoms with Gasteiger partial charge in [-0.05, 0) is 29.3 Å². The fourth-order valence-corrected chi connectivity index (χ4v) is 4.61. The zero-order valence-corrected chi connectivity index (χ0v) is 18.8. The van der Waals surface area contributed by atoms with Crippen molar-refractivity contribution in [3.63, 3.8) is 0 Å². The van der Waals surface area contributed by atoms with Crippen LogP contribution in [0.1, 0.15) is 10.6 Å². The van der Waals surface area contributed by atoms with Gasteiger partial charge in [-0.1, -0.05) is 54.6 Å². The van der Waals surface area contributed by atoms with Crippen LogP contribution in [0, 0.1) is 0 Å². The fourth-order valence-electron chi connectivity index (χ4n) is 4.61. The number of nitrogens with one attached hydrogen (secondary N) is 2. The van der Waals surface area contributed by atoms with Crippen molar-refractivity contribution in [2.24, 2.45) is 0 Å². The summed E-state index contributed by atoms with van der Waals surface area (Å²) in [5.41, 5.74) is 4.17. The van der Waals surface area contributed by atoms with E-state index >= 15 is 0 Å². The summed E-state index contributed by atoms with van der Waals surface area (Å²) in [4.78, 5) is 21.4. The summed E-state index contributed by atoms with van der Waals surface area (Å²) >= 11 is 0. The van der Waals surface area contributed by atoms with E-state index in [4.69, 9.17) is 18.9 Å². The van der Waals surface area contributed by atoms with E-state index in [0.717, 1.165) is 16.8 Å². The zero-order chi connectivity index (χ0) is 23.6. The molecule has 1 amide bonds. The van der Waals surface area contributed by atoms with E-state index in [1.807, 2.05) is 24.3 Å². The van der Waals surface area contributed by atoms with E-state index < -0.39 is 0 Å². The number of anilines is 1. The topological polar surface area (TPSA) is 98.5 Å². The molecular weight excluding hydrogens is 444 g/mol. The molecule has 176 valence electrons. The minimum Gasteiger partial charge on any atom is -0.459 e. The third-order valence-corrected chi connectivity index (χ3v) is 6.37. The van der Waals surface area contributed by atoms with Crippen LogP contribution in [-0.2, 0) is 9.47 Å². The molecule has 0 saturated carbocycles. The lowest BCUT2D eigenvalue weighted by atomic mass is 10.0. The van der Waals surface area contributed by atoms with Crippen molar-refractivity contribution in [1.82, 2.24) is 15.3 Å². The first-order valence-electron chi connectivity index (χ1n) is 11.6. The van der Waals surface area contributed by atoms with Crippen molar-refractivity contribution < 1.29 is 18.7 Å². The molecule has 2 saturated heterocycles. The predicted octanol–water partition coefficient (Wildman–Crippen LogP) is 3.78. The van der Waals surface area contributed by atoms with Crippen LogP contribution in [0.15, 0.2) is 89.7 Å². The van der Waals surface area contributed by atoms with Crippen molar-refractivity contribution in [1.29, 1.82) is 0 Å². The summed E-state index contributed by atoms with van der Waals surface area (Å²) in [6.07, 6.45) is 2.75. The molecule has 2 fully saturated rings. The number of nitrogens with zero attached hydrogens (tertiary/aromatic N) is 2.